The molecule has 0 bridgehead atoms. The van der Waals surface area contributed by atoms with Crippen molar-refractivity contribution in [3.63, 3.8) is 0 Å². The van der Waals surface area contributed by atoms with Crippen LogP contribution in [0.3, 0.4) is 0 Å². The Bertz CT molecular complexity index is 1020. The average Bonchev–Trinajstić information content (AvgIpc) is 3.31. The maximum Gasteiger partial charge on any atom is 0.289 e. The van der Waals surface area contributed by atoms with Crippen molar-refractivity contribution in [2.24, 2.45) is 5.92 Å². The van der Waals surface area contributed by atoms with Crippen LogP contribution in [0.25, 0.3) is 0 Å². The van der Waals surface area contributed by atoms with Crippen LogP contribution in [0.1, 0.15) is 23.4 Å². The Morgan fingerprint density at radius 1 is 1.07 bits per heavy atom. The molecule has 30 heavy (non-hydrogen) atoms. The van der Waals surface area contributed by atoms with Gasteiger partial charge >= 0.3 is 0 Å². The maximum absolute atomic E-state index is 12.7. The molecule has 1 aliphatic heterocycles. The van der Waals surface area contributed by atoms with Crippen LogP contribution in [0.2, 0.25) is 5.02 Å². The van der Waals surface area contributed by atoms with E-state index < -0.39 is 0 Å². The molecule has 0 saturated carbocycles. The van der Waals surface area contributed by atoms with Crippen molar-refractivity contribution in [3.05, 3.63) is 77.7 Å². The minimum absolute atomic E-state index is 0.105. The van der Waals surface area contributed by atoms with E-state index in [1.807, 2.05) is 12.1 Å². The Morgan fingerprint density at radius 2 is 1.87 bits per heavy atom. The molecule has 1 aromatic heterocycles. The molecular weight excluding hydrogens is 404 g/mol. The number of piperidine rings is 1. The minimum atomic E-state index is -0.267. The van der Waals surface area contributed by atoms with E-state index in [0.717, 1.165) is 12.8 Å². The van der Waals surface area contributed by atoms with Gasteiger partial charge in [0.15, 0.2) is 5.76 Å². The number of halogens is 1. The lowest BCUT2D eigenvalue weighted by molar-refractivity contribution is -0.121. The quantitative estimate of drug-likeness (QED) is 0.609. The number of para-hydroxylation sites is 1. The third-order valence-electron chi connectivity index (χ3n) is 5.00. The predicted molar refractivity (Wildman–Crippen MR) is 114 cm³/mol. The number of benzene rings is 2. The van der Waals surface area contributed by atoms with Crippen molar-refractivity contribution < 1.29 is 18.7 Å². The molecule has 2 heterocycles. The third kappa shape index (κ3) is 4.66. The normalized spacial score (nSPS) is 16.2. The van der Waals surface area contributed by atoms with Gasteiger partial charge in [-0.25, -0.2) is 0 Å². The van der Waals surface area contributed by atoms with Gasteiger partial charge in [0.2, 0.25) is 5.91 Å². The standard InChI is InChI=1S/C23H21ClN2O4/c24-19-6-1-2-7-20(19)30-18-11-9-17(10-12-18)25-22(27)16-5-3-13-26(15-16)23(28)21-8-4-14-29-21/h1-2,4,6-12,14,16H,3,5,13,15H2,(H,25,27). The number of hydrogen-bond acceptors (Lipinski definition) is 4. The van der Waals surface area contributed by atoms with Gasteiger partial charge in [-0.2, -0.15) is 0 Å². The molecule has 0 radical (unpaired) electrons. The Balaban J connectivity index is 1.35. The van der Waals surface area contributed by atoms with Crippen molar-refractivity contribution >= 4 is 29.1 Å². The summed E-state index contributed by atoms with van der Waals surface area (Å²) in [6, 6.07) is 17.6. The molecule has 1 fully saturated rings. The number of furan rings is 1. The Morgan fingerprint density at radius 3 is 2.60 bits per heavy atom. The smallest absolute Gasteiger partial charge is 0.289 e. The highest BCUT2D eigenvalue weighted by Gasteiger charge is 2.29. The molecule has 4 rings (SSSR count). The van der Waals surface area contributed by atoms with Crippen molar-refractivity contribution in [1.29, 1.82) is 0 Å². The fourth-order valence-electron chi connectivity index (χ4n) is 3.44. The summed E-state index contributed by atoms with van der Waals surface area (Å²) in [6.07, 6.45) is 2.98. The largest absolute Gasteiger partial charge is 0.459 e. The Labute approximate surface area is 179 Å². The summed E-state index contributed by atoms with van der Waals surface area (Å²) in [5.41, 5.74) is 0.668. The van der Waals surface area contributed by atoms with Crippen LogP contribution in [0.15, 0.2) is 71.3 Å². The number of amides is 2. The lowest BCUT2D eigenvalue weighted by atomic mass is 9.96. The summed E-state index contributed by atoms with van der Waals surface area (Å²) in [6.45, 7) is 0.996. The van der Waals surface area contributed by atoms with E-state index >= 15 is 0 Å². The van der Waals surface area contributed by atoms with Crippen molar-refractivity contribution in [1.82, 2.24) is 4.90 Å². The second-order valence-corrected chi connectivity index (χ2v) is 7.52. The molecule has 7 heteroatoms. The van der Waals surface area contributed by atoms with Crippen LogP contribution >= 0.6 is 11.6 Å². The number of likely N-dealkylation sites (tertiary alicyclic amines) is 1. The number of rotatable bonds is 5. The molecule has 1 aliphatic rings. The van der Waals surface area contributed by atoms with Gasteiger partial charge in [0, 0.05) is 18.8 Å². The van der Waals surface area contributed by atoms with Crippen LogP contribution in [-0.4, -0.2) is 29.8 Å². The highest BCUT2D eigenvalue weighted by Crippen LogP contribution is 2.29. The van der Waals surface area contributed by atoms with E-state index in [4.69, 9.17) is 20.8 Å². The van der Waals surface area contributed by atoms with Gasteiger partial charge < -0.3 is 19.4 Å². The maximum atomic E-state index is 12.7. The molecule has 1 atom stereocenters. The third-order valence-corrected chi connectivity index (χ3v) is 5.31. The van der Waals surface area contributed by atoms with Crippen molar-refractivity contribution in [2.45, 2.75) is 12.8 Å². The van der Waals surface area contributed by atoms with Gasteiger partial charge in [0.25, 0.3) is 5.91 Å². The summed E-state index contributed by atoms with van der Waals surface area (Å²) in [5.74, 6) is 0.931. The molecule has 1 saturated heterocycles. The number of nitrogens with zero attached hydrogens (tertiary/aromatic N) is 1. The van der Waals surface area contributed by atoms with Gasteiger partial charge in [-0.1, -0.05) is 23.7 Å². The Hall–Kier alpha value is -3.25. The van der Waals surface area contributed by atoms with Crippen LogP contribution in [0.5, 0.6) is 11.5 Å². The summed E-state index contributed by atoms with van der Waals surface area (Å²) in [5, 5.41) is 3.45. The van der Waals surface area contributed by atoms with Gasteiger partial charge in [-0.05, 0) is 61.4 Å². The van der Waals surface area contributed by atoms with E-state index in [0.29, 0.717) is 41.1 Å². The topological polar surface area (TPSA) is 71.8 Å². The summed E-state index contributed by atoms with van der Waals surface area (Å²) >= 11 is 6.11. The zero-order valence-electron chi connectivity index (χ0n) is 16.2. The van der Waals surface area contributed by atoms with Crippen LogP contribution in [0.4, 0.5) is 5.69 Å². The Kier molecular flexibility index (Phi) is 6.05. The van der Waals surface area contributed by atoms with Gasteiger partial charge in [-0.15, -0.1) is 0 Å². The number of hydrogen-bond donors (Lipinski definition) is 1. The molecule has 2 amide bonds. The van der Waals surface area contributed by atoms with Gasteiger partial charge in [0.1, 0.15) is 11.5 Å². The summed E-state index contributed by atoms with van der Waals surface area (Å²) < 4.78 is 11.0. The molecule has 1 unspecified atom stereocenters. The first-order valence-corrected chi connectivity index (χ1v) is 10.1. The first-order chi connectivity index (χ1) is 14.6. The second-order valence-electron chi connectivity index (χ2n) is 7.11. The predicted octanol–water partition coefficient (Wildman–Crippen LogP) is 5.22. The summed E-state index contributed by atoms with van der Waals surface area (Å²) in [7, 11) is 0. The van der Waals surface area contributed by atoms with Crippen molar-refractivity contribution in [2.75, 3.05) is 18.4 Å². The zero-order valence-corrected chi connectivity index (χ0v) is 17.0. The fraction of sp³-hybridized carbons (Fsp3) is 0.217. The summed E-state index contributed by atoms with van der Waals surface area (Å²) in [4.78, 5) is 26.9. The van der Waals surface area contributed by atoms with E-state index in [-0.39, 0.29) is 17.7 Å². The van der Waals surface area contributed by atoms with E-state index in [1.54, 1.807) is 53.4 Å². The van der Waals surface area contributed by atoms with E-state index in [9.17, 15) is 9.59 Å². The van der Waals surface area contributed by atoms with Gasteiger partial charge in [0.05, 0.1) is 17.2 Å². The number of carbonyl (C=O) groups is 2. The van der Waals surface area contributed by atoms with Crippen LogP contribution in [0, 0.1) is 5.92 Å². The zero-order chi connectivity index (χ0) is 20.9. The number of carbonyl (C=O) groups excluding carboxylic acids is 2. The molecule has 0 spiro atoms. The fourth-order valence-corrected chi connectivity index (χ4v) is 3.61. The first kappa shape index (κ1) is 20.0. The van der Waals surface area contributed by atoms with E-state index in [2.05, 4.69) is 5.32 Å². The van der Waals surface area contributed by atoms with E-state index in [1.165, 1.54) is 6.26 Å². The molecule has 2 aromatic carbocycles. The second kappa shape index (κ2) is 9.05. The molecule has 0 aliphatic carbocycles. The lowest BCUT2D eigenvalue weighted by Crippen LogP contribution is -2.43. The van der Waals surface area contributed by atoms with Crippen LogP contribution in [-0.2, 0) is 4.79 Å². The highest BCUT2D eigenvalue weighted by molar-refractivity contribution is 6.32. The lowest BCUT2D eigenvalue weighted by Gasteiger charge is -2.31. The number of ether oxygens (including phenoxy) is 1. The SMILES string of the molecule is O=C(Nc1ccc(Oc2ccccc2Cl)cc1)C1CCCN(C(=O)c2ccco2)C1. The molecule has 1 N–H and O–H groups in total. The number of nitrogens with one attached hydrogen (secondary N) is 1. The molecule has 154 valence electrons. The minimum Gasteiger partial charge on any atom is -0.459 e. The number of anilines is 1. The first-order valence-electron chi connectivity index (χ1n) is 9.76. The van der Waals surface area contributed by atoms with Gasteiger partial charge in [-0.3, -0.25) is 9.59 Å². The average molecular weight is 425 g/mol. The van der Waals surface area contributed by atoms with Crippen molar-refractivity contribution in [3.8, 4) is 11.5 Å². The highest BCUT2D eigenvalue weighted by atomic mass is 35.5. The molecule has 3 aromatic rings. The monoisotopic (exact) mass is 424 g/mol. The molecule has 6 nitrogen and oxygen atoms in total. The molecular formula is C23H21ClN2O4. The van der Waals surface area contributed by atoms with Crippen LogP contribution < -0.4 is 10.1 Å².